The number of carbonyl (C=O) groups is 1. The van der Waals surface area contributed by atoms with Crippen molar-refractivity contribution in [1.82, 2.24) is 0 Å². The van der Waals surface area contributed by atoms with Crippen LogP contribution in [0.1, 0.15) is 22.7 Å². The molecule has 0 radical (unpaired) electrons. The second kappa shape index (κ2) is 3.10. The van der Waals surface area contributed by atoms with Crippen LogP contribution < -0.4 is 5.73 Å². The maximum atomic E-state index is 10.9. The molecular weight excluding hydrogens is 178 g/mol. The zero-order valence-electron chi connectivity index (χ0n) is 8.03. The Morgan fingerprint density at radius 3 is 2.93 bits per heavy atom. The molecule has 74 valence electrons. The Bertz CT molecular complexity index is 387. The van der Waals surface area contributed by atoms with Crippen LogP contribution in [0, 0.1) is 12.8 Å². The lowest BCUT2D eigenvalue weighted by atomic mass is 10.0. The van der Waals surface area contributed by atoms with Crippen molar-refractivity contribution >= 4 is 5.97 Å². The fourth-order valence-electron chi connectivity index (χ4n) is 2.03. The Balaban J connectivity index is 2.41. The molecule has 3 heteroatoms. The van der Waals surface area contributed by atoms with Crippen molar-refractivity contribution in [2.75, 3.05) is 0 Å². The Hall–Kier alpha value is -1.35. The van der Waals surface area contributed by atoms with E-state index in [-0.39, 0.29) is 6.04 Å². The second-order valence-electron chi connectivity index (χ2n) is 3.88. The lowest BCUT2D eigenvalue weighted by molar-refractivity contribution is -0.142. The van der Waals surface area contributed by atoms with Gasteiger partial charge in [0.05, 0.1) is 5.92 Å². The highest BCUT2D eigenvalue weighted by molar-refractivity contribution is 5.73. The van der Waals surface area contributed by atoms with Crippen LogP contribution in [0.25, 0.3) is 0 Å². The third-order valence-corrected chi connectivity index (χ3v) is 2.85. The summed E-state index contributed by atoms with van der Waals surface area (Å²) in [6, 6.07) is 5.62. The van der Waals surface area contributed by atoms with Crippen LogP contribution in [0.4, 0.5) is 0 Å². The van der Waals surface area contributed by atoms with Gasteiger partial charge in [0.2, 0.25) is 0 Å². The molecule has 14 heavy (non-hydrogen) atoms. The van der Waals surface area contributed by atoms with Crippen molar-refractivity contribution in [3.63, 3.8) is 0 Å². The van der Waals surface area contributed by atoms with E-state index in [1.165, 1.54) is 0 Å². The molecule has 0 unspecified atom stereocenters. The fraction of sp³-hybridized carbons (Fsp3) is 0.364. The summed E-state index contributed by atoms with van der Waals surface area (Å²) in [6.45, 7) is 1.99. The molecule has 0 spiro atoms. The molecule has 2 atom stereocenters. The fourth-order valence-corrected chi connectivity index (χ4v) is 2.03. The number of hydrogen-bond donors (Lipinski definition) is 2. The third-order valence-electron chi connectivity index (χ3n) is 2.85. The molecule has 1 aliphatic rings. The number of carboxylic acid groups (broad SMARTS) is 1. The van der Waals surface area contributed by atoms with Crippen LogP contribution in [-0.4, -0.2) is 11.1 Å². The molecule has 0 heterocycles. The molecule has 2 rings (SSSR count). The van der Waals surface area contributed by atoms with Gasteiger partial charge < -0.3 is 10.8 Å². The van der Waals surface area contributed by atoms with E-state index >= 15 is 0 Å². The van der Waals surface area contributed by atoms with Crippen LogP contribution in [0.5, 0.6) is 0 Å². The van der Waals surface area contributed by atoms with Gasteiger partial charge in [-0.15, -0.1) is 0 Å². The summed E-state index contributed by atoms with van der Waals surface area (Å²) in [7, 11) is 0. The summed E-state index contributed by atoms with van der Waals surface area (Å²) < 4.78 is 0. The van der Waals surface area contributed by atoms with Crippen LogP contribution >= 0.6 is 0 Å². The quantitative estimate of drug-likeness (QED) is 0.702. The largest absolute Gasteiger partial charge is 0.481 e. The van der Waals surface area contributed by atoms with Crippen LogP contribution in [0.15, 0.2) is 18.2 Å². The molecule has 3 N–H and O–H groups in total. The highest BCUT2D eigenvalue weighted by Gasteiger charge is 2.34. The lowest BCUT2D eigenvalue weighted by Crippen LogP contribution is -2.24. The maximum absolute atomic E-state index is 10.9. The van der Waals surface area contributed by atoms with Crippen molar-refractivity contribution in [3.8, 4) is 0 Å². The normalized spacial score (nSPS) is 24.7. The Morgan fingerprint density at radius 1 is 1.57 bits per heavy atom. The van der Waals surface area contributed by atoms with E-state index in [1.807, 2.05) is 25.1 Å². The lowest BCUT2D eigenvalue weighted by Gasteiger charge is -2.10. The number of hydrogen-bond acceptors (Lipinski definition) is 2. The summed E-state index contributed by atoms with van der Waals surface area (Å²) in [4.78, 5) is 10.9. The van der Waals surface area contributed by atoms with Gasteiger partial charge in [-0.3, -0.25) is 4.79 Å². The number of rotatable bonds is 1. The van der Waals surface area contributed by atoms with Crippen LogP contribution in [0.3, 0.4) is 0 Å². The van der Waals surface area contributed by atoms with Gasteiger partial charge in [0.15, 0.2) is 0 Å². The SMILES string of the molecule is Cc1ccc2c(c1)[C@@H](N)[C@@H](C(=O)O)C2. The first-order chi connectivity index (χ1) is 6.59. The number of carboxylic acids is 1. The molecule has 1 aliphatic carbocycles. The van der Waals surface area contributed by atoms with Gasteiger partial charge in [-0.25, -0.2) is 0 Å². The average molecular weight is 191 g/mol. The Morgan fingerprint density at radius 2 is 2.29 bits per heavy atom. The van der Waals surface area contributed by atoms with Gasteiger partial charge >= 0.3 is 5.97 Å². The summed E-state index contributed by atoms with van der Waals surface area (Å²) in [5.41, 5.74) is 9.09. The first kappa shape index (κ1) is 9.21. The summed E-state index contributed by atoms with van der Waals surface area (Å²) in [6.07, 6.45) is 0.562. The van der Waals surface area contributed by atoms with E-state index in [0.29, 0.717) is 6.42 Å². The number of nitrogens with two attached hydrogens (primary N) is 1. The van der Waals surface area contributed by atoms with Gasteiger partial charge in [-0.1, -0.05) is 23.8 Å². The second-order valence-corrected chi connectivity index (χ2v) is 3.88. The zero-order valence-corrected chi connectivity index (χ0v) is 8.03. The first-order valence-electron chi connectivity index (χ1n) is 4.67. The molecule has 1 aromatic rings. The highest BCUT2D eigenvalue weighted by atomic mass is 16.4. The molecule has 0 aliphatic heterocycles. The number of benzene rings is 1. The molecule has 0 aromatic heterocycles. The van der Waals surface area contributed by atoms with Crippen molar-refractivity contribution in [2.24, 2.45) is 11.7 Å². The minimum atomic E-state index is -0.800. The van der Waals surface area contributed by atoms with E-state index in [0.717, 1.165) is 16.7 Å². The van der Waals surface area contributed by atoms with E-state index in [9.17, 15) is 4.79 Å². The van der Waals surface area contributed by atoms with Gasteiger partial charge in [0, 0.05) is 6.04 Å². The van der Waals surface area contributed by atoms with Gasteiger partial charge in [0.1, 0.15) is 0 Å². The molecule has 0 amide bonds. The molecule has 0 fully saturated rings. The predicted molar refractivity (Wildman–Crippen MR) is 52.9 cm³/mol. The minimum Gasteiger partial charge on any atom is -0.481 e. The summed E-state index contributed by atoms with van der Waals surface area (Å²) in [5, 5.41) is 8.95. The zero-order chi connectivity index (χ0) is 10.3. The van der Waals surface area contributed by atoms with E-state index < -0.39 is 11.9 Å². The van der Waals surface area contributed by atoms with Crippen LogP contribution in [0.2, 0.25) is 0 Å². The molecule has 1 aromatic carbocycles. The molecular formula is C11H13NO2. The molecule has 0 saturated carbocycles. The summed E-state index contributed by atoms with van der Waals surface area (Å²) in [5.74, 6) is -1.25. The number of aryl methyl sites for hydroxylation is 1. The van der Waals surface area contributed by atoms with E-state index in [4.69, 9.17) is 10.8 Å². The van der Waals surface area contributed by atoms with Gasteiger partial charge in [-0.05, 0) is 24.5 Å². The minimum absolute atomic E-state index is 0.345. The summed E-state index contributed by atoms with van der Waals surface area (Å²) >= 11 is 0. The highest BCUT2D eigenvalue weighted by Crippen LogP contribution is 2.34. The number of aliphatic carboxylic acids is 1. The van der Waals surface area contributed by atoms with Gasteiger partial charge in [-0.2, -0.15) is 0 Å². The van der Waals surface area contributed by atoms with Gasteiger partial charge in [0.25, 0.3) is 0 Å². The van der Waals surface area contributed by atoms with Crippen molar-refractivity contribution in [3.05, 3.63) is 34.9 Å². The van der Waals surface area contributed by atoms with Crippen molar-refractivity contribution in [1.29, 1.82) is 0 Å². The predicted octanol–water partition coefficient (Wildman–Crippen LogP) is 1.25. The monoisotopic (exact) mass is 191 g/mol. The molecule has 0 bridgehead atoms. The topological polar surface area (TPSA) is 63.3 Å². The number of fused-ring (bicyclic) bond motifs is 1. The smallest absolute Gasteiger partial charge is 0.308 e. The van der Waals surface area contributed by atoms with Crippen molar-refractivity contribution in [2.45, 2.75) is 19.4 Å². The van der Waals surface area contributed by atoms with Crippen molar-refractivity contribution < 1.29 is 9.90 Å². The third kappa shape index (κ3) is 1.30. The maximum Gasteiger partial charge on any atom is 0.308 e. The Labute approximate surface area is 82.5 Å². The van der Waals surface area contributed by atoms with Crippen LogP contribution in [-0.2, 0) is 11.2 Å². The molecule has 3 nitrogen and oxygen atoms in total. The standard InChI is InChI=1S/C11H13NO2/c1-6-2-3-7-5-9(11(13)14)10(12)8(7)4-6/h2-4,9-10H,5,12H2,1H3,(H,13,14)/t9-,10+/m0/s1. The van der Waals surface area contributed by atoms with E-state index in [1.54, 1.807) is 0 Å². The molecule has 0 saturated heterocycles. The Kier molecular flexibility index (Phi) is 2.04. The average Bonchev–Trinajstić information content (AvgIpc) is 2.44. The van der Waals surface area contributed by atoms with E-state index in [2.05, 4.69) is 0 Å². The first-order valence-corrected chi connectivity index (χ1v) is 4.67.